The van der Waals surface area contributed by atoms with Crippen molar-refractivity contribution in [2.45, 2.75) is 19.9 Å². The summed E-state index contributed by atoms with van der Waals surface area (Å²) in [5, 5.41) is 0. The molecule has 2 N–H and O–H groups in total. The predicted octanol–water partition coefficient (Wildman–Crippen LogP) is 0.991. The smallest absolute Gasteiger partial charge is 0.234 e. The fourth-order valence-corrected chi connectivity index (χ4v) is 2.30. The number of carbonyl (C=O) groups excluding carboxylic acids is 1. The van der Waals surface area contributed by atoms with Crippen molar-refractivity contribution >= 4 is 11.6 Å². The van der Waals surface area contributed by atoms with E-state index < -0.39 is 0 Å². The molecule has 1 atom stereocenters. The SMILES string of the molecule is Cc1ccc(N2CCN([C@H](C)C(N)=O)CC2)cc1. The van der Waals surface area contributed by atoms with Crippen LogP contribution in [0.1, 0.15) is 12.5 Å². The van der Waals surface area contributed by atoms with E-state index in [9.17, 15) is 4.79 Å². The summed E-state index contributed by atoms with van der Waals surface area (Å²) in [5.74, 6) is -0.237. The number of amides is 1. The molecule has 0 radical (unpaired) electrons. The van der Waals surface area contributed by atoms with E-state index in [1.165, 1.54) is 11.3 Å². The lowest BCUT2D eigenvalue weighted by atomic mass is 10.1. The maximum absolute atomic E-state index is 11.2. The number of anilines is 1. The largest absolute Gasteiger partial charge is 0.369 e. The maximum atomic E-state index is 11.2. The van der Waals surface area contributed by atoms with Crippen LogP contribution >= 0.6 is 0 Å². The minimum Gasteiger partial charge on any atom is -0.369 e. The number of hydrogen-bond acceptors (Lipinski definition) is 3. The highest BCUT2D eigenvalue weighted by atomic mass is 16.1. The summed E-state index contributed by atoms with van der Waals surface area (Å²) < 4.78 is 0. The predicted molar refractivity (Wildman–Crippen MR) is 73.6 cm³/mol. The molecule has 4 nitrogen and oxygen atoms in total. The van der Waals surface area contributed by atoms with Crippen LogP contribution in [0.4, 0.5) is 5.69 Å². The molecule has 1 fully saturated rings. The second-order valence-electron chi connectivity index (χ2n) is 4.94. The first-order valence-electron chi connectivity index (χ1n) is 6.43. The Kier molecular flexibility index (Phi) is 3.87. The summed E-state index contributed by atoms with van der Waals surface area (Å²) in [4.78, 5) is 15.7. The van der Waals surface area contributed by atoms with Crippen LogP contribution in [0.5, 0.6) is 0 Å². The van der Waals surface area contributed by atoms with Gasteiger partial charge in [-0.2, -0.15) is 0 Å². The molecule has 1 aromatic carbocycles. The minimum absolute atomic E-state index is 0.162. The highest BCUT2D eigenvalue weighted by Gasteiger charge is 2.23. The summed E-state index contributed by atoms with van der Waals surface area (Å²) >= 11 is 0. The number of nitrogens with two attached hydrogens (primary N) is 1. The number of nitrogens with zero attached hydrogens (tertiary/aromatic N) is 2. The molecule has 1 aliphatic heterocycles. The van der Waals surface area contributed by atoms with Crippen LogP contribution in [0, 0.1) is 6.92 Å². The van der Waals surface area contributed by atoms with Crippen LogP contribution in [-0.2, 0) is 4.79 Å². The van der Waals surface area contributed by atoms with Crippen molar-refractivity contribution in [2.75, 3.05) is 31.1 Å². The van der Waals surface area contributed by atoms with Gasteiger partial charge in [-0.3, -0.25) is 9.69 Å². The second kappa shape index (κ2) is 5.40. The van der Waals surface area contributed by atoms with Crippen LogP contribution in [-0.4, -0.2) is 43.0 Å². The molecule has 1 heterocycles. The molecule has 2 rings (SSSR count). The first-order valence-corrected chi connectivity index (χ1v) is 6.43. The normalized spacial score (nSPS) is 18.7. The van der Waals surface area contributed by atoms with E-state index in [0.29, 0.717) is 0 Å². The van der Waals surface area contributed by atoms with Gasteiger partial charge < -0.3 is 10.6 Å². The third-order valence-corrected chi connectivity index (χ3v) is 3.67. The Hall–Kier alpha value is -1.55. The third kappa shape index (κ3) is 2.82. The Morgan fingerprint density at radius 3 is 2.22 bits per heavy atom. The van der Waals surface area contributed by atoms with Crippen molar-refractivity contribution in [1.82, 2.24) is 4.90 Å². The van der Waals surface area contributed by atoms with E-state index in [1.807, 2.05) is 6.92 Å². The van der Waals surface area contributed by atoms with Crippen molar-refractivity contribution in [1.29, 1.82) is 0 Å². The molecular formula is C14H21N3O. The Labute approximate surface area is 108 Å². The van der Waals surface area contributed by atoms with E-state index in [0.717, 1.165) is 26.2 Å². The lowest BCUT2D eigenvalue weighted by molar-refractivity contribution is -0.122. The minimum atomic E-state index is -0.237. The van der Waals surface area contributed by atoms with Crippen molar-refractivity contribution < 1.29 is 4.79 Å². The molecule has 1 amide bonds. The highest BCUT2D eigenvalue weighted by molar-refractivity contribution is 5.79. The van der Waals surface area contributed by atoms with Gasteiger partial charge in [0.15, 0.2) is 0 Å². The number of piperazine rings is 1. The van der Waals surface area contributed by atoms with Crippen LogP contribution in [0.15, 0.2) is 24.3 Å². The molecule has 0 spiro atoms. The van der Waals surface area contributed by atoms with Gasteiger partial charge in [-0.1, -0.05) is 17.7 Å². The molecule has 1 saturated heterocycles. The lowest BCUT2D eigenvalue weighted by Crippen LogP contribution is -2.53. The number of benzene rings is 1. The van der Waals surface area contributed by atoms with Crippen molar-refractivity contribution in [2.24, 2.45) is 5.73 Å². The molecule has 1 aliphatic rings. The number of primary amides is 1. The zero-order valence-corrected chi connectivity index (χ0v) is 11.1. The number of hydrogen-bond donors (Lipinski definition) is 1. The van der Waals surface area contributed by atoms with Crippen molar-refractivity contribution in [3.05, 3.63) is 29.8 Å². The van der Waals surface area contributed by atoms with Gasteiger partial charge >= 0.3 is 0 Å². The van der Waals surface area contributed by atoms with Gasteiger partial charge in [0.2, 0.25) is 5.91 Å². The first kappa shape index (κ1) is 12.9. The van der Waals surface area contributed by atoms with Gasteiger partial charge in [0.1, 0.15) is 0 Å². The van der Waals surface area contributed by atoms with E-state index in [-0.39, 0.29) is 11.9 Å². The van der Waals surface area contributed by atoms with Crippen molar-refractivity contribution in [3.63, 3.8) is 0 Å². The van der Waals surface area contributed by atoms with E-state index in [2.05, 4.69) is 41.0 Å². The summed E-state index contributed by atoms with van der Waals surface area (Å²) in [6.07, 6.45) is 0. The van der Waals surface area contributed by atoms with Gasteiger partial charge in [-0.15, -0.1) is 0 Å². The molecule has 0 unspecified atom stereocenters. The Morgan fingerprint density at radius 1 is 1.17 bits per heavy atom. The summed E-state index contributed by atoms with van der Waals surface area (Å²) in [5.41, 5.74) is 7.87. The zero-order chi connectivity index (χ0) is 13.1. The fraction of sp³-hybridized carbons (Fsp3) is 0.500. The van der Waals surface area contributed by atoms with Gasteiger partial charge in [0.05, 0.1) is 6.04 Å². The number of carbonyl (C=O) groups is 1. The summed E-state index contributed by atoms with van der Waals surface area (Å²) in [6, 6.07) is 8.41. The monoisotopic (exact) mass is 247 g/mol. The number of rotatable bonds is 3. The topological polar surface area (TPSA) is 49.6 Å². The van der Waals surface area contributed by atoms with Crippen LogP contribution in [0.2, 0.25) is 0 Å². The Morgan fingerprint density at radius 2 is 1.72 bits per heavy atom. The number of aryl methyl sites for hydroxylation is 1. The van der Waals surface area contributed by atoms with E-state index >= 15 is 0 Å². The van der Waals surface area contributed by atoms with Gasteiger partial charge in [0, 0.05) is 31.9 Å². The molecular weight excluding hydrogens is 226 g/mol. The molecule has 18 heavy (non-hydrogen) atoms. The van der Waals surface area contributed by atoms with E-state index in [1.54, 1.807) is 0 Å². The van der Waals surface area contributed by atoms with Crippen molar-refractivity contribution in [3.8, 4) is 0 Å². The van der Waals surface area contributed by atoms with Gasteiger partial charge in [-0.05, 0) is 26.0 Å². The molecule has 0 saturated carbocycles. The fourth-order valence-electron chi connectivity index (χ4n) is 2.30. The molecule has 0 aliphatic carbocycles. The molecule has 0 bridgehead atoms. The van der Waals surface area contributed by atoms with Crippen LogP contribution in [0.3, 0.4) is 0 Å². The van der Waals surface area contributed by atoms with Crippen LogP contribution in [0.25, 0.3) is 0 Å². The quantitative estimate of drug-likeness (QED) is 0.866. The average molecular weight is 247 g/mol. The molecule has 4 heteroatoms. The average Bonchev–Trinajstić information content (AvgIpc) is 2.39. The highest BCUT2D eigenvalue weighted by Crippen LogP contribution is 2.17. The standard InChI is InChI=1S/C14H21N3O/c1-11-3-5-13(6-4-11)17-9-7-16(8-10-17)12(2)14(15)18/h3-6,12H,7-10H2,1-2H3,(H2,15,18)/t12-/m1/s1. The first-order chi connectivity index (χ1) is 8.58. The Bertz CT molecular complexity index is 408. The molecule has 1 aromatic rings. The summed E-state index contributed by atoms with van der Waals surface area (Å²) in [7, 11) is 0. The van der Waals surface area contributed by atoms with Gasteiger partial charge in [0.25, 0.3) is 0 Å². The molecule has 98 valence electrons. The second-order valence-corrected chi connectivity index (χ2v) is 4.94. The summed E-state index contributed by atoms with van der Waals surface area (Å²) in [6.45, 7) is 7.64. The van der Waals surface area contributed by atoms with Crippen LogP contribution < -0.4 is 10.6 Å². The lowest BCUT2D eigenvalue weighted by Gasteiger charge is -2.38. The third-order valence-electron chi connectivity index (χ3n) is 3.67. The maximum Gasteiger partial charge on any atom is 0.234 e. The van der Waals surface area contributed by atoms with E-state index in [4.69, 9.17) is 5.73 Å². The Balaban J connectivity index is 1.94. The zero-order valence-electron chi connectivity index (χ0n) is 11.1. The van der Waals surface area contributed by atoms with Gasteiger partial charge in [-0.25, -0.2) is 0 Å². The molecule has 0 aromatic heterocycles.